The van der Waals surface area contributed by atoms with Crippen molar-refractivity contribution in [3.05, 3.63) is 64.7 Å². The van der Waals surface area contributed by atoms with E-state index in [1.807, 2.05) is 61.2 Å². The third kappa shape index (κ3) is 6.83. The van der Waals surface area contributed by atoms with Crippen molar-refractivity contribution in [2.45, 2.75) is 77.2 Å². The molecule has 0 spiro atoms. The molecule has 0 radical (unpaired) electrons. The number of hydrogen-bond acceptors (Lipinski definition) is 4. The van der Waals surface area contributed by atoms with Crippen molar-refractivity contribution in [2.75, 3.05) is 18.5 Å². The summed E-state index contributed by atoms with van der Waals surface area (Å²) in [7, 11) is 0. The molecule has 35 heavy (non-hydrogen) atoms. The first-order valence-corrected chi connectivity index (χ1v) is 12.6. The van der Waals surface area contributed by atoms with Crippen LogP contribution in [0.25, 0.3) is 0 Å². The smallest absolute Gasteiger partial charge is 0.336 e. The minimum atomic E-state index is -0.918. The van der Waals surface area contributed by atoms with Crippen LogP contribution in [0.4, 0.5) is 10.5 Å². The highest BCUT2D eigenvalue weighted by atomic mass is 16.5. The first-order valence-electron chi connectivity index (χ1n) is 12.6. The molecule has 0 aromatic heterocycles. The minimum Gasteiger partial charge on any atom is -0.478 e. The van der Waals surface area contributed by atoms with Crippen LogP contribution < -0.4 is 5.32 Å². The number of ether oxygens (including phenoxy) is 2. The Kier molecular flexibility index (Phi) is 8.42. The van der Waals surface area contributed by atoms with E-state index in [9.17, 15) is 14.7 Å². The minimum absolute atomic E-state index is 0.0415. The van der Waals surface area contributed by atoms with Gasteiger partial charge < -0.3 is 24.8 Å². The van der Waals surface area contributed by atoms with Crippen molar-refractivity contribution in [2.24, 2.45) is 0 Å². The standard InChI is InChI=1S/C28H36N2O5/c1-19-7-3-4-12-25(19)29-28(33)30(22-13-14-22)15-16-34-23-10-6-11-24(17-23)35-18-21-9-5-8-20(2)26(21)27(31)32/h3-5,7-9,12,22-24H,6,10-11,13-18H2,1-2H3,(H,29,33)(H,31,32)/t23-,24+/m0/s1. The van der Waals surface area contributed by atoms with Gasteiger partial charge in [-0.3, -0.25) is 0 Å². The molecule has 2 N–H and O–H groups in total. The monoisotopic (exact) mass is 480 g/mol. The van der Waals surface area contributed by atoms with E-state index in [2.05, 4.69) is 5.32 Å². The number of rotatable bonds is 10. The van der Waals surface area contributed by atoms with Crippen LogP contribution in [0.1, 0.15) is 65.6 Å². The number of urea groups is 1. The van der Waals surface area contributed by atoms with Crippen molar-refractivity contribution in [1.29, 1.82) is 0 Å². The number of nitrogens with one attached hydrogen (secondary N) is 1. The third-order valence-electron chi connectivity index (χ3n) is 6.95. The van der Waals surface area contributed by atoms with Crippen LogP contribution in [-0.4, -0.2) is 53.4 Å². The van der Waals surface area contributed by atoms with Gasteiger partial charge in [0.15, 0.2) is 0 Å². The molecule has 2 aromatic carbocycles. The van der Waals surface area contributed by atoms with Gasteiger partial charge in [-0.2, -0.15) is 0 Å². The lowest BCUT2D eigenvalue weighted by Crippen LogP contribution is -2.40. The molecule has 2 atom stereocenters. The zero-order valence-corrected chi connectivity index (χ0v) is 20.7. The molecule has 2 aromatic rings. The maximum absolute atomic E-state index is 12.9. The molecule has 7 heteroatoms. The first-order chi connectivity index (χ1) is 16.9. The molecule has 2 amide bonds. The van der Waals surface area contributed by atoms with E-state index in [4.69, 9.17) is 9.47 Å². The van der Waals surface area contributed by atoms with Crippen molar-refractivity contribution < 1.29 is 24.2 Å². The molecule has 2 fully saturated rings. The van der Waals surface area contributed by atoms with Crippen molar-refractivity contribution in [1.82, 2.24) is 4.90 Å². The highest BCUT2D eigenvalue weighted by molar-refractivity contribution is 5.91. The van der Waals surface area contributed by atoms with Crippen LogP contribution >= 0.6 is 0 Å². The maximum Gasteiger partial charge on any atom is 0.336 e. The average Bonchev–Trinajstić information content (AvgIpc) is 3.67. The number of para-hydroxylation sites is 1. The summed E-state index contributed by atoms with van der Waals surface area (Å²) in [5, 5.41) is 12.6. The topological polar surface area (TPSA) is 88.1 Å². The Labute approximate surface area is 207 Å². The van der Waals surface area contributed by atoms with Gasteiger partial charge >= 0.3 is 12.0 Å². The molecular weight excluding hydrogens is 444 g/mol. The number of nitrogens with zero attached hydrogens (tertiary/aromatic N) is 1. The molecule has 0 bridgehead atoms. The summed E-state index contributed by atoms with van der Waals surface area (Å²) < 4.78 is 12.3. The highest BCUT2D eigenvalue weighted by Crippen LogP contribution is 2.29. The number of carbonyl (C=O) groups excluding carboxylic acids is 1. The van der Waals surface area contributed by atoms with Gasteiger partial charge in [-0.05, 0) is 75.1 Å². The predicted octanol–water partition coefficient (Wildman–Crippen LogP) is 5.54. The van der Waals surface area contributed by atoms with Crippen LogP contribution in [0.5, 0.6) is 0 Å². The number of aromatic carboxylic acids is 1. The molecular formula is C28H36N2O5. The number of carbonyl (C=O) groups is 2. The fraction of sp³-hybridized carbons (Fsp3) is 0.500. The van der Waals surface area contributed by atoms with Gasteiger partial charge in [-0.15, -0.1) is 0 Å². The van der Waals surface area contributed by atoms with E-state index >= 15 is 0 Å². The van der Waals surface area contributed by atoms with Gasteiger partial charge in [0.05, 0.1) is 31.0 Å². The molecule has 7 nitrogen and oxygen atoms in total. The number of hydrogen-bond donors (Lipinski definition) is 2. The summed E-state index contributed by atoms with van der Waals surface area (Å²) in [6.45, 7) is 5.15. The third-order valence-corrected chi connectivity index (χ3v) is 6.95. The summed E-state index contributed by atoms with van der Waals surface area (Å²) in [4.78, 5) is 26.4. The van der Waals surface area contributed by atoms with Crippen molar-refractivity contribution in [3.63, 3.8) is 0 Å². The Hall–Kier alpha value is -2.90. The lowest BCUT2D eigenvalue weighted by molar-refractivity contribution is -0.0524. The van der Waals surface area contributed by atoms with Crippen LogP contribution in [0.15, 0.2) is 42.5 Å². The Morgan fingerprint density at radius 3 is 2.40 bits per heavy atom. The van der Waals surface area contributed by atoms with Crippen molar-refractivity contribution in [3.8, 4) is 0 Å². The van der Waals surface area contributed by atoms with Gasteiger partial charge in [-0.25, -0.2) is 9.59 Å². The summed E-state index contributed by atoms with van der Waals surface area (Å²) in [5.74, 6) is -0.918. The summed E-state index contributed by atoms with van der Waals surface area (Å²) in [6.07, 6.45) is 5.92. The quantitative estimate of drug-likeness (QED) is 0.466. The summed E-state index contributed by atoms with van der Waals surface area (Å²) >= 11 is 0. The van der Waals surface area contributed by atoms with E-state index in [0.717, 1.165) is 55.3 Å². The zero-order valence-electron chi connectivity index (χ0n) is 20.7. The van der Waals surface area contributed by atoms with Crippen molar-refractivity contribution >= 4 is 17.7 Å². The number of amides is 2. The predicted molar refractivity (Wildman–Crippen MR) is 135 cm³/mol. The van der Waals surface area contributed by atoms with Crippen LogP contribution in [0.2, 0.25) is 0 Å². The zero-order chi connectivity index (χ0) is 24.8. The van der Waals surface area contributed by atoms with Gasteiger partial charge in [0, 0.05) is 18.3 Å². The molecule has 2 saturated carbocycles. The van der Waals surface area contributed by atoms with E-state index in [1.54, 1.807) is 0 Å². The van der Waals surface area contributed by atoms with Crippen LogP contribution in [0, 0.1) is 13.8 Å². The molecule has 0 saturated heterocycles. The normalized spacial score (nSPS) is 19.8. The molecule has 0 unspecified atom stereocenters. The Bertz CT molecular complexity index is 1040. The van der Waals surface area contributed by atoms with Crippen LogP contribution in [-0.2, 0) is 16.1 Å². The van der Waals surface area contributed by atoms with Crippen LogP contribution in [0.3, 0.4) is 0 Å². The molecule has 2 aliphatic rings. The number of anilines is 1. The fourth-order valence-corrected chi connectivity index (χ4v) is 4.82. The van der Waals surface area contributed by atoms with E-state index in [0.29, 0.717) is 30.3 Å². The highest BCUT2D eigenvalue weighted by Gasteiger charge is 2.33. The average molecular weight is 481 g/mol. The van der Waals surface area contributed by atoms with Gasteiger partial charge in [0.25, 0.3) is 0 Å². The largest absolute Gasteiger partial charge is 0.478 e. The number of carboxylic acids is 1. The molecule has 2 aliphatic carbocycles. The number of benzene rings is 2. The Morgan fingerprint density at radius 1 is 0.971 bits per heavy atom. The summed E-state index contributed by atoms with van der Waals surface area (Å²) in [6, 6.07) is 13.5. The fourth-order valence-electron chi connectivity index (χ4n) is 4.82. The first kappa shape index (κ1) is 25.2. The van der Waals surface area contributed by atoms with E-state index in [1.165, 1.54) is 0 Å². The van der Waals surface area contributed by atoms with Gasteiger partial charge in [-0.1, -0.05) is 36.4 Å². The molecule has 188 valence electrons. The maximum atomic E-state index is 12.9. The molecule has 0 aliphatic heterocycles. The second kappa shape index (κ2) is 11.7. The Balaban J connectivity index is 1.25. The second-order valence-corrected chi connectivity index (χ2v) is 9.68. The Morgan fingerprint density at radius 2 is 1.69 bits per heavy atom. The van der Waals surface area contributed by atoms with E-state index < -0.39 is 5.97 Å². The SMILES string of the molecule is Cc1ccccc1NC(=O)N(CCO[C@H]1CCC[C@@H](OCc2cccc(C)c2C(=O)O)C1)C1CC1. The van der Waals surface area contributed by atoms with Gasteiger partial charge in [0.2, 0.25) is 0 Å². The van der Waals surface area contributed by atoms with E-state index in [-0.39, 0.29) is 24.8 Å². The number of carboxylic acid groups (broad SMARTS) is 1. The molecule has 0 heterocycles. The second-order valence-electron chi connectivity index (χ2n) is 9.68. The van der Waals surface area contributed by atoms with Gasteiger partial charge in [0.1, 0.15) is 0 Å². The molecule has 4 rings (SSSR count). The number of aryl methyl sites for hydroxylation is 2. The summed E-state index contributed by atoms with van der Waals surface area (Å²) in [5.41, 5.74) is 3.67. The lowest BCUT2D eigenvalue weighted by atomic mass is 9.94. The lowest BCUT2D eigenvalue weighted by Gasteiger charge is -2.30.